The SMILES string of the molecule is C#Cc1c(F)ccc2cc(OCOC)cc(-c3c(F)cc4c(N5CC6(F)CCC(F)(C5)N6C(=O)OC(C)(C)C)nc(OC[C@@]56CCCN5C[C@H](F)C6)nc4c3F)c12. The number of carbonyl (C=O) groups excluding carboxylic acids is 1. The Balaban J connectivity index is 1.29. The highest BCUT2D eigenvalue weighted by molar-refractivity contribution is 6.04. The van der Waals surface area contributed by atoms with Gasteiger partial charge in [0.15, 0.2) is 12.6 Å². The lowest BCUT2D eigenvalue weighted by atomic mass is 9.92. The van der Waals surface area contributed by atoms with Crippen LogP contribution in [0.15, 0.2) is 30.3 Å². The lowest BCUT2D eigenvalue weighted by Gasteiger charge is -2.47. The molecule has 16 heteroatoms. The average molecular weight is 798 g/mol. The molecular formula is C41H41F6N5O5. The quantitative estimate of drug-likeness (QED) is 0.0763. The zero-order valence-corrected chi connectivity index (χ0v) is 31.9. The van der Waals surface area contributed by atoms with E-state index in [2.05, 4.69) is 15.9 Å². The average Bonchev–Trinajstić information content (AvgIpc) is 3.72. The second kappa shape index (κ2) is 13.8. The van der Waals surface area contributed by atoms with Gasteiger partial charge in [-0.15, -0.1) is 6.42 Å². The summed E-state index contributed by atoms with van der Waals surface area (Å²) in [5, 5.41) is 0.0616. The number of hydrogen-bond acceptors (Lipinski definition) is 9. The van der Waals surface area contributed by atoms with Crippen molar-refractivity contribution in [1.29, 1.82) is 0 Å². The number of alkyl halides is 3. The number of rotatable bonds is 8. The van der Waals surface area contributed by atoms with Gasteiger partial charge in [-0.3, -0.25) is 4.90 Å². The van der Waals surface area contributed by atoms with Crippen LogP contribution in [0.3, 0.4) is 0 Å². The second-order valence-electron chi connectivity index (χ2n) is 16.3. The third-order valence-corrected chi connectivity index (χ3v) is 11.3. The molecule has 4 fully saturated rings. The molecule has 302 valence electrons. The van der Waals surface area contributed by atoms with Crippen LogP contribution in [0.2, 0.25) is 0 Å². The van der Waals surface area contributed by atoms with Crippen molar-refractivity contribution in [3.63, 3.8) is 0 Å². The van der Waals surface area contributed by atoms with Crippen molar-refractivity contribution in [2.75, 3.05) is 51.6 Å². The van der Waals surface area contributed by atoms with E-state index in [-0.39, 0.29) is 72.7 Å². The normalized spacial score (nSPS) is 25.9. The van der Waals surface area contributed by atoms with Gasteiger partial charge in [0, 0.05) is 49.3 Å². The van der Waals surface area contributed by atoms with Crippen LogP contribution in [0.5, 0.6) is 11.8 Å². The molecule has 4 aromatic rings. The van der Waals surface area contributed by atoms with E-state index < -0.39 is 82.6 Å². The van der Waals surface area contributed by atoms with E-state index in [0.29, 0.717) is 23.3 Å². The first-order valence-corrected chi connectivity index (χ1v) is 18.7. The summed E-state index contributed by atoms with van der Waals surface area (Å²) in [5.74, 6) is -6.23. The largest absolute Gasteiger partial charge is 0.468 e. The van der Waals surface area contributed by atoms with Crippen LogP contribution in [0.25, 0.3) is 32.8 Å². The summed E-state index contributed by atoms with van der Waals surface area (Å²) in [6.07, 6.45) is 4.31. The minimum absolute atomic E-state index is 0.0150. The Hall–Kier alpha value is -5.01. The van der Waals surface area contributed by atoms with Gasteiger partial charge in [-0.25, -0.2) is 36.0 Å². The summed E-state index contributed by atoms with van der Waals surface area (Å²) in [6.45, 7) is 4.04. The molecule has 0 N–H and O–H groups in total. The molecule has 2 unspecified atom stereocenters. The van der Waals surface area contributed by atoms with Gasteiger partial charge in [0.2, 0.25) is 11.6 Å². The van der Waals surface area contributed by atoms with Gasteiger partial charge < -0.3 is 23.8 Å². The highest BCUT2D eigenvalue weighted by Crippen LogP contribution is 2.51. The highest BCUT2D eigenvalue weighted by Gasteiger charge is 2.65. The van der Waals surface area contributed by atoms with Crippen molar-refractivity contribution in [3.8, 4) is 35.2 Å². The van der Waals surface area contributed by atoms with E-state index in [9.17, 15) is 9.18 Å². The van der Waals surface area contributed by atoms with Gasteiger partial charge in [0.1, 0.15) is 47.1 Å². The number of ether oxygens (including phenoxy) is 4. The fraction of sp³-hybridized carbons (Fsp3) is 0.488. The molecule has 0 spiro atoms. The van der Waals surface area contributed by atoms with Gasteiger partial charge in [0.05, 0.1) is 29.8 Å². The number of halogens is 6. The number of hydrogen-bond donors (Lipinski definition) is 0. The number of carbonyl (C=O) groups is 1. The molecule has 1 amide bonds. The third kappa shape index (κ3) is 6.62. The van der Waals surface area contributed by atoms with Gasteiger partial charge in [0.25, 0.3) is 0 Å². The maximum absolute atomic E-state index is 17.3. The topological polar surface area (TPSA) is 89.5 Å². The molecule has 5 heterocycles. The molecular weight excluding hydrogens is 756 g/mol. The smallest absolute Gasteiger partial charge is 0.415 e. The lowest BCUT2D eigenvalue weighted by Crippen LogP contribution is -2.66. The highest BCUT2D eigenvalue weighted by atomic mass is 19.2. The Labute approximate surface area is 325 Å². The molecule has 4 atom stereocenters. The van der Waals surface area contributed by atoms with Crippen molar-refractivity contribution in [2.24, 2.45) is 0 Å². The fourth-order valence-electron chi connectivity index (χ4n) is 9.01. The summed E-state index contributed by atoms with van der Waals surface area (Å²) < 4.78 is 120. The molecule has 3 aromatic carbocycles. The summed E-state index contributed by atoms with van der Waals surface area (Å²) in [6, 6.07) is 5.85. The monoisotopic (exact) mass is 797 g/mol. The minimum atomic E-state index is -2.59. The molecule has 10 nitrogen and oxygen atoms in total. The molecule has 0 saturated carbocycles. The molecule has 0 radical (unpaired) electrons. The molecule has 57 heavy (non-hydrogen) atoms. The summed E-state index contributed by atoms with van der Waals surface area (Å²) in [7, 11) is 1.39. The zero-order valence-electron chi connectivity index (χ0n) is 31.9. The van der Waals surface area contributed by atoms with Crippen LogP contribution in [-0.4, -0.2) is 101 Å². The Morgan fingerprint density at radius 3 is 2.44 bits per heavy atom. The van der Waals surface area contributed by atoms with Crippen molar-refractivity contribution in [3.05, 3.63) is 53.3 Å². The van der Waals surface area contributed by atoms with Gasteiger partial charge in [-0.1, -0.05) is 12.0 Å². The Morgan fingerprint density at radius 2 is 1.75 bits per heavy atom. The minimum Gasteiger partial charge on any atom is -0.468 e. The van der Waals surface area contributed by atoms with Crippen LogP contribution >= 0.6 is 0 Å². The van der Waals surface area contributed by atoms with Crippen LogP contribution < -0.4 is 14.4 Å². The molecule has 2 bridgehead atoms. The Bertz CT molecular complexity index is 2320. The molecule has 4 aliphatic heterocycles. The van der Waals surface area contributed by atoms with E-state index in [1.165, 1.54) is 30.2 Å². The lowest BCUT2D eigenvalue weighted by molar-refractivity contribution is -0.115. The molecule has 1 aromatic heterocycles. The van der Waals surface area contributed by atoms with Gasteiger partial charge >= 0.3 is 12.1 Å². The molecule has 8 rings (SSSR count). The van der Waals surface area contributed by atoms with Crippen molar-refractivity contribution in [1.82, 2.24) is 19.8 Å². The number of nitrogens with zero attached hydrogens (tertiary/aromatic N) is 5. The fourth-order valence-corrected chi connectivity index (χ4v) is 9.01. The predicted octanol–water partition coefficient (Wildman–Crippen LogP) is 7.97. The Kier molecular flexibility index (Phi) is 9.42. The summed E-state index contributed by atoms with van der Waals surface area (Å²) >= 11 is 0. The number of terminal acetylenes is 1. The number of amides is 1. The standard InChI is InChI=1S/C41H41F6N5O5/c1-6-26-29(43)9-8-23-14-25(56-22-54-5)15-27(31(23)26)32-30(44)16-28-34(33(32)45)48-36(55-21-39-10-7-13-51(39)18-24(42)17-39)49-35(28)50-19-40(46)11-12-41(47,20-50)52(40)37(53)57-38(2,3)4/h1,8-9,14-16,24H,7,10-13,17-22H2,2-5H3/t24-,39+,40?,41?/m1/s1. The van der Waals surface area contributed by atoms with Gasteiger partial charge in [-0.2, -0.15) is 9.97 Å². The number of anilines is 1. The molecule has 0 aliphatic carbocycles. The number of benzene rings is 3. The summed E-state index contributed by atoms with van der Waals surface area (Å²) in [4.78, 5) is 25.7. The van der Waals surface area contributed by atoms with Crippen molar-refractivity contribution in [2.45, 2.75) is 81.8 Å². The number of fused-ring (bicyclic) bond motifs is 5. The number of aromatic nitrogens is 2. The summed E-state index contributed by atoms with van der Waals surface area (Å²) in [5.41, 5.74) is -3.28. The van der Waals surface area contributed by atoms with E-state index >= 15 is 22.0 Å². The van der Waals surface area contributed by atoms with Crippen molar-refractivity contribution >= 4 is 33.6 Å². The van der Waals surface area contributed by atoms with E-state index in [4.69, 9.17) is 25.4 Å². The first kappa shape index (κ1) is 38.8. The van der Waals surface area contributed by atoms with Crippen LogP contribution in [-0.2, 0) is 9.47 Å². The molecule has 4 aliphatic rings. The van der Waals surface area contributed by atoms with Crippen LogP contribution in [0, 0.1) is 29.8 Å². The first-order chi connectivity index (χ1) is 27.0. The maximum atomic E-state index is 17.3. The predicted molar refractivity (Wildman–Crippen MR) is 199 cm³/mol. The first-order valence-electron chi connectivity index (χ1n) is 18.7. The van der Waals surface area contributed by atoms with Crippen molar-refractivity contribution < 1.29 is 50.1 Å². The second-order valence-corrected chi connectivity index (χ2v) is 16.3. The molecule has 4 saturated heterocycles. The third-order valence-electron chi connectivity index (χ3n) is 11.3. The van der Waals surface area contributed by atoms with Gasteiger partial charge in [-0.05, 0) is 69.8 Å². The van der Waals surface area contributed by atoms with E-state index in [1.54, 1.807) is 20.8 Å². The zero-order chi connectivity index (χ0) is 40.7. The van der Waals surface area contributed by atoms with E-state index in [0.717, 1.165) is 18.6 Å². The number of methoxy groups -OCH3 is 1. The maximum Gasteiger partial charge on any atom is 0.415 e. The van der Waals surface area contributed by atoms with Crippen LogP contribution in [0.1, 0.15) is 58.4 Å². The van der Waals surface area contributed by atoms with E-state index in [1.807, 2.05) is 4.90 Å². The van der Waals surface area contributed by atoms with Crippen LogP contribution in [0.4, 0.5) is 37.0 Å². The number of piperazine rings is 1. The Morgan fingerprint density at radius 1 is 1.02 bits per heavy atom.